The SMILES string of the molecule is CN(C1CCOC1)S(=O)(=O)c1ccc2c(c1)CCCN2. The number of nitrogens with one attached hydrogen (secondary N) is 1. The number of sulfonamides is 1. The van der Waals surface area contributed by atoms with Gasteiger partial charge in [0.05, 0.1) is 17.5 Å². The Balaban J connectivity index is 1.90. The van der Waals surface area contributed by atoms with Crippen LogP contribution in [-0.2, 0) is 21.2 Å². The van der Waals surface area contributed by atoms with E-state index in [0.29, 0.717) is 18.1 Å². The van der Waals surface area contributed by atoms with Crippen molar-refractivity contribution in [1.29, 1.82) is 0 Å². The molecule has 0 bridgehead atoms. The number of fused-ring (bicyclic) bond motifs is 1. The fraction of sp³-hybridized carbons (Fsp3) is 0.571. The van der Waals surface area contributed by atoms with Gasteiger partial charge >= 0.3 is 0 Å². The second-order valence-corrected chi connectivity index (χ2v) is 7.39. The largest absolute Gasteiger partial charge is 0.385 e. The van der Waals surface area contributed by atoms with Crippen molar-refractivity contribution in [2.75, 3.05) is 32.1 Å². The second kappa shape index (κ2) is 5.35. The molecule has 2 aliphatic heterocycles. The molecule has 0 saturated carbocycles. The average molecular weight is 296 g/mol. The van der Waals surface area contributed by atoms with E-state index in [2.05, 4.69) is 5.32 Å². The minimum atomic E-state index is -3.43. The minimum absolute atomic E-state index is 0.0471. The van der Waals surface area contributed by atoms with Gasteiger partial charge in [-0.3, -0.25) is 0 Å². The summed E-state index contributed by atoms with van der Waals surface area (Å²) < 4.78 is 32.0. The number of likely N-dealkylation sites (N-methyl/N-ethyl adjacent to an activating group) is 1. The molecule has 6 heteroatoms. The van der Waals surface area contributed by atoms with Crippen LogP contribution in [0, 0.1) is 0 Å². The minimum Gasteiger partial charge on any atom is -0.385 e. The first kappa shape index (κ1) is 13.9. The third-order valence-corrected chi connectivity index (χ3v) is 6.02. The van der Waals surface area contributed by atoms with E-state index in [1.165, 1.54) is 4.31 Å². The molecule has 0 spiro atoms. The molecule has 1 aromatic carbocycles. The normalized spacial score (nSPS) is 22.6. The Kier molecular flexibility index (Phi) is 3.70. The molecular weight excluding hydrogens is 276 g/mol. The Bertz CT molecular complexity index is 594. The molecule has 20 heavy (non-hydrogen) atoms. The summed E-state index contributed by atoms with van der Waals surface area (Å²) in [6.45, 7) is 2.08. The van der Waals surface area contributed by atoms with Gasteiger partial charge in [0.1, 0.15) is 0 Å². The Hall–Kier alpha value is -1.11. The number of rotatable bonds is 3. The molecule has 5 nitrogen and oxygen atoms in total. The summed E-state index contributed by atoms with van der Waals surface area (Å²) >= 11 is 0. The third-order valence-electron chi connectivity index (χ3n) is 4.11. The highest BCUT2D eigenvalue weighted by Gasteiger charge is 2.31. The van der Waals surface area contributed by atoms with Gasteiger partial charge in [0.15, 0.2) is 0 Å². The van der Waals surface area contributed by atoms with E-state index in [-0.39, 0.29) is 6.04 Å². The van der Waals surface area contributed by atoms with Crippen LogP contribution in [0.4, 0.5) is 5.69 Å². The lowest BCUT2D eigenvalue weighted by molar-refractivity contribution is 0.181. The molecule has 0 aromatic heterocycles. The molecule has 1 aromatic rings. The highest BCUT2D eigenvalue weighted by molar-refractivity contribution is 7.89. The van der Waals surface area contributed by atoms with Crippen LogP contribution in [0.25, 0.3) is 0 Å². The molecule has 2 aliphatic rings. The van der Waals surface area contributed by atoms with Gasteiger partial charge in [0.25, 0.3) is 0 Å². The van der Waals surface area contributed by atoms with Crippen LogP contribution >= 0.6 is 0 Å². The summed E-state index contributed by atoms with van der Waals surface area (Å²) in [5.41, 5.74) is 2.15. The quantitative estimate of drug-likeness (QED) is 0.917. The monoisotopic (exact) mass is 296 g/mol. The van der Waals surface area contributed by atoms with Gasteiger partial charge in [-0.15, -0.1) is 0 Å². The van der Waals surface area contributed by atoms with Gasteiger partial charge in [-0.2, -0.15) is 4.31 Å². The van der Waals surface area contributed by atoms with E-state index in [1.807, 2.05) is 12.1 Å². The van der Waals surface area contributed by atoms with Crippen molar-refractivity contribution in [1.82, 2.24) is 4.31 Å². The number of hydrogen-bond acceptors (Lipinski definition) is 4. The van der Waals surface area contributed by atoms with Crippen LogP contribution in [0.2, 0.25) is 0 Å². The molecule has 110 valence electrons. The van der Waals surface area contributed by atoms with Crippen LogP contribution in [0.1, 0.15) is 18.4 Å². The highest BCUT2D eigenvalue weighted by Crippen LogP contribution is 2.27. The zero-order valence-corrected chi connectivity index (χ0v) is 12.4. The molecule has 0 aliphatic carbocycles. The first-order valence-electron chi connectivity index (χ1n) is 7.01. The standard InChI is InChI=1S/C14H20N2O3S/c1-16(12-6-8-19-10-12)20(17,18)13-4-5-14-11(9-13)3-2-7-15-14/h4-5,9,12,15H,2-3,6-8,10H2,1H3. The number of anilines is 1. The predicted octanol–water partition coefficient (Wildman–Crippen LogP) is 1.45. The van der Waals surface area contributed by atoms with Crippen molar-refractivity contribution >= 4 is 15.7 Å². The lowest BCUT2D eigenvalue weighted by atomic mass is 10.0. The van der Waals surface area contributed by atoms with Gasteiger partial charge in [-0.1, -0.05) is 0 Å². The van der Waals surface area contributed by atoms with Gasteiger partial charge in [-0.05, 0) is 43.0 Å². The molecule has 1 unspecified atom stereocenters. The van der Waals surface area contributed by atoms with Crippen LogP contribution in [-0.4, -0.2) is 45.6 Å². The summed E-state index contributed by atoms with van der Waals surface area (Å²) in [5, 5.41) is 3.30. The summed E-state index contributed by atoms with van der Waals surface area (Å²) in [7, 11) is -1.79. The van der Waals surface area contributed by atoms with E-state index < -0.39 is 10.0 Å². The molecular formula is C14H20N2O3S. The Morgan fingerprint density at radius 3 is 3.00 bits per heavy atom. The van der Waals surface area contributed by atoms with Crippen LogP contribution in [0.15, 0.2) is 23.1 Å². The Morgan fingerprint density at radius 2 is 2.25 bits per heavy atom. The first-order chi connectivity index (χ1) is 9.59. The zero-order valence-electron chi connectivity index (χ0n) is 11.6. The first-order valence-corrected chi connectivity index (χ1v) is 8.45. The van der Waals surface area contributed by atoms with Gasteiger partial charge in [0.2, 0.25) is 10.0 Å². The number of hydrogen-bond donors (Lipinski definition) is 1. The summed E-state index contributed by atoms with van der Waals surface area (Å²) in [6, 6.07) is 5.33. The fourth-order valence-electron chi connectivity index (χ4n) is 2.78. The number of benzene rings is 1. The van der Waals surface area contributed by atoms with E-state index in [4.69, 9.17) is 4.74 Å². The third kappa shape index (κ3) is 2.43. The molecule has 0 radical (unpaired) electrons. The van der Waals surface area contributed by atoms with Crippen LogP contribution < -0.4 is 5.32 Å². The molecule has 1 N–H and O–H groups in total. The zero-order chi connectivity index (χ0) is 14.2. The Labute approximate surface area is 120 Å². The van der Waals surface area contributed by atoms with Crippen molar-refractivity contribution in [2.24, 2.45) is 0 Å². The smallest absolute Gasteiger partial charge is 0.243 e. The van der Waals surface area contributed by atoms with E-state index in [0.717, 1.165) is 37.1 Å². The number of aryl methyl sites for hydroxylation is 1. The molecule has 1 atom stereocenters. The molecule has 1 saturated heterocycles. The lowest BCUT2D eigenvalue weighted by Gasteiger charge is -2.24. The fourth-order valence-corrected chi connectivity index (χ4v) is 4.21. The van der Waals surface area contributed by atoms with E-state index >= 15 is 0 Å². The van der Waals surface area contributed by atoms with Crippen molar-refractivity contribution < 1.29 is 13.2 Å². The maximum absolute atomic E-state index is 12.7. The van der Waals surface area contributed by atoms with Gasteiger partial charge in [-0.25, -0.2) is 8.42 Å². The van der Waals surface area contributed by atoms with Gasteiger partial charge < -0.3 is 10.1 Å². The second-order valence-electron chi connectivity index (χ2n) is 5.39. The predicted molar refractivity (Wildman–Crippen MR) is 77.4 cm³/mol. The topological polar surface area (TPSA) is 58.6 Å². The number of ether oxygens (including phenoxy) is 1. The van der Waals surface area contributed by atoms with Crippen molar-refractivity contribution in [2.45, 2.75) is 30.2 Å². The van der Waals surface area contributed by atoms with Crippen molar-refractivity contribution in [3.05, 3.63) is 23.8 Å². The van der Waals surface area contributed by atoms with Crippen LogP contribution in [0.5, 0.6) is 0 Å². The van der Waals surface area contributed by atoms with Crippen molar-refractivity contribution in [3.8, 4) is 0 Å². The molecule has 3 rings (SSSR count). The summed E-state index contributed by atoms with van der Waals surface area (Å²) in [4.78, 5) is 0.384. The Morgan fingerprint density at radius 1 is 1.40 bits per heavy atom. The maximum Gasteiger partial charge on any atom is 0.243 e. The lowest BCUT2D eigenvalue weighted by Crippen LogP contribution is -2.37. The van der Waals surface area contributed by atoms with Crippen LogP contribution in [0.3, 0.4) is 0 Å². The maximum atomic E-state index is 12.7. The summed E-state index contributed by atoms with van der Waals surface area (Å²) in [6.07, 6.45) is 2.74. The van der Waals surface area contributed by atoms with Gasteiger partial charge in [0, 0.05) is 25.9 Å². The summed E-state index contributed by atoms with van der Waals surface area (Å²) in [5.74, 6) is 0. The number of nitrogens with zero attached hydrogens (tertiary/aromatic N) is 1. The van der Waals surface area contributed by atoms with E-state index in [1.54, 1.807) is 13.1 Å². The highest BCUT2D eigenvalue weighted by atomic mass is 32.2. The van der Waals surface area contributed by atoms with E-state index in [9.17, 15) is 8.42 Å². The molecule has 2 heterocycles. The molecule has 1 fully saturated rings. The van der Waals surface area contributed by atoms with Crippen molar-refractivity contribution in [3.63, 3.8) is 0 Å². The average Bonchev–Trinajstić information content (AvgIpc) is 3.00. The molecule has 0 amide bonds.